The largest absolute Gasteiger partial charge is 0.476 e. The summed E-state index contributed by atoms with van der Waals surface area (Å²) in [6.45, 7) is 3.78. The molecule has 0 aromatic carbocycles. The minimum atomic E-state index is -1.16. The van der Waals surface area contributed by atoms with Crippen molar-refractivity contribution < 1.29 is 24.2 Å². The van der Waals surface area contributed by atoms with E-state index in [4.69, 9.17) is 14.6 Å². The molecule has 2 N–H and O–H groups in total. The molecule has 106 valence electrons. The highest BCUT2D eigenvalue weighted by Gasteiger charge is 2.22. The Labute approximate surface area is 113 Å². The van der Waals surface area contributed by atoms with Crippen LogP contribution in [0.5, 0.6) is 0 Å². The second-order valence-corrected chi connectivity index (χ2v) is 4.51. The van der Waals surface area contributed by atoms with Crippen LogP contribution in [0.3, 0.4) is 0 Å². The van der Waals surface area contributed by atoms with Crippen LogP contribution in [0.25, 0.3) is 0 Å². The lowest BCUT2D eigenvalue weighted by Crippen LogP contribution is -2.10. The molecule has 0 aliphatic heterocycles. The van der Waals surface area contributed by atoms with E-state index in [0.29, 0.717) is 11.5 Å². The van der Waals surface area contributed by atoms with E-state index in [1.165, 1.54) is 16.8 Å². The number of furan rings is 1. The van der Waals surface area contributed by atoms with Gasteiger partial charge in [0, 0.05) is 0 Å². The van der Waals surface area contributed by atoms with Gasteiger partial charge in [0.1, 0.15) is 12.3 Å². The molecule has 8 heteroatoms. The smallest absolute Gasteiger partial charge is 0.371 e. The van der Waals surface area contributed by atoms with Gasteiger partial charge in [-0.25, -0.2) is 14.3 Å². The zero-order valence-electron chi connectivity index (χ0n) is 10.9. The molecule has 0 aliphatic rings. The molecule has 0 atom stereocenters. The first-order valence-corrected chi connectivity index (χ1v) is 5.88. The van der Waals surface area contributed by atoms with Crippen LogP contribution in [0.1, 0.15) is 52.3 Å². The van der Waals surface area contributed by atoms with E-state index in [1.54, 1.807) is 0 Å². The van der Waals surface area contributed by atoms with Gasteiger partial charge in [0.05, 0.1) is 5.69 Å². The van der Waals surface area contributed by atoms with Gasteiger partial charge in [-0.1, -0.05) is 19.1 Å². The summed E-state index contributed by atoms with van der Waals surface area (Å²) >= 11 is 0. The van der Waals surface area contributed by atoms with E-state index in [1.807, 2.05) is 13.8 Å². The van der Waals surface area contributed by atoms with Crippen molar-refractivity contribution in [3.05, 3.63) is 35.0 Å². The molecule has 2 heterocycles. The monoisotopic (exact) mass is 279 g/mol. The van der Waals surface area contributed by atoms with E-state index in [2.05, 4.69) is 10.3 Å². The van der Waals surface area contributed by atoms with Crippen molar-refractivity contribution >= 4 is 11.9 Å². The SMILES string of the molecule is CC(C)c1c(C(=O)O)nnn1Cc1ccc(C(=O)O)o1. The Morgan fingerprint density at radius 3 is 2.50 bits per heavy atom. The Morgan fingerprint density at radius 1 is 1.30 bits per heavy atom. The summed E-state index contributed by atoms with van der Waals surface area (Å²) in [5.74, 6) is -2.21. The number of nitrogens with zero attached hydrogens (tertiary/aromatic N) is 3. The molecule has 0 radical (unpaired) electrons. The molecule has 2 aromatic rings. The average molecular weight is 279 g/mol. The lowest BCUT2D eigenvalue weighted by molar-refractivity contribution is 0.0657. The van der Waals surface area contributed by atoms with E-state index < -0.39 is 11.9 Å². The standard InChI is InChI=1S/C12H13N3O5/c1-6(2)10-9(12(18)19)13-14-15(10)5-7-3-4-8(20-7)11(16)17/h3-4,6H,5H2,1-2H3,(H,16,17)(H,18,19). The Bertz CT molecular complexity index is 656. The zero-order chi connectivity index (χ0) is 14.9. The number of carboxylic acid groups (broad SMARTS) is 2. The predicted molar refractivity (Wildman–Crippen MR) is 65.8 cm³/mol. The molecule has 0 saturated carbocycles. The summed E-state index contributed by atoms with van der Waals surface area (Å²) in [5.41, 5.74) is 0.357. The van der Waals surface area contributed by atoms with Crippen LogP contribution in [0.2, 0.25) is 0 Å². The minimum Gasteiger partial charge on any atom is -0.476 e. The molecule has 0 amide bonds. The first-order valence-electron chi connectivity index (χ1n) is 5.88. The number of aromatic nitrogens is 3. The van der Waals surface area contributed by atoms with E-state index in [0.717, 1.165) is 0 Å². The maximum absolute atomic E-state index is 11.1. The van der Waals surface area contributed by atoms with Crippen LogP contribution in [0.15, 0.2) is 16.5 Å². The van der Waals surface area contributed by atoms with Gasteiger partial charge in [-0.3, -0.25) is 0 Å². The summed E-state index contributed by atoms with van der Waals surface area (Å²) in [7, 11) is 0. The topological polar surface area (TPSA) is 118 Å². The van der Waals surface area contributed by atoms with Gasteiger partial charge in [0.2, 0.25) is 5.76 Å². The second-order valence-electron chi connectivity index (χ2n) is 4.51. The zero-order valence-corrected chi connectivity index (χ0v) is 10.9. The third-order valence-corrected chi connectivity index (χ3v) is 2.70. The average Bonchev–Trinajstić information content (AvgIpc) is 2.95. The summed E-state index contributed by atoms with van der Waals surface area (Å²) in [6.07, 6.45) is 0. The number of rotatable bonds is 5. The van der Waals surface area contributed by atoms with Crippen LogP contribution in [0, 0.1) is 0 Å². The molecule has 2 aromatic heterocycles. The van der Waals surface area contributed by atoms with Gasteiger partial charge in [0.15, 0.2) is 5.69 Å². The molecular weight excluding hydrogens is 266 g/mol. The Kier molecular flexibility index (Phi) is 3.55. The van der Waals surface area contributed by atoms with E-state index >= 15 is 0 Å². The predicted octanol–water partition coefficient (Wildman–Crippen LogP) is 1.44. The fourth-order valence-electron chi connectivity index (χ4n) is 1.89. The van der Waals surface area contributed by atoms with Crippen molar-refractivity contribution in [2.75, 3.05) is 0 Å². The molecule has 8 nitrogen and oxygen atoms in total. The molecular formula is C12H13N3O5. The number of hydrogen-bond acceptors (Lipinski definition) is 5. The molecule has 0 aliphatic carbocycles. The lowest BCUT2D eigenvalue weighted by Gasteiger charge is -2.08. The Balaban J connectivity index is 2.33. The fourth-order valence-corrected chi connectivity index (χ4v) is 1.89. The summed E-state index contributed by atoms with van der Waals surface area (Å²) in [5, 5.41) is 25.2. The summed E-state index contributed by atoms with van der Waals surface area (Å²) in [6, 6.07) is 2.84. The van der Waals surface area contributed by atoms with Crippen molar-refractivity contribution in [3.8, 4) is 0 Å². The third kappa shape index (κ3) is 2.53. The molecule has 0 saturated heterocycles. The molecule has 0 fully saturated rings. The highest BCUT2D eigenvalue weighted by atomic mass is 16.4. The molecule has 20 heavy (non-hydrogen) atoms. The first kappa shape index (κ1) is 13.8. The third-order valence-electron chi connectivity index (χ3n) is 2.70. The van der Waals surface area contributed by atoms with Crippen molar-refractivity contribution in [3.63, 3.8) is 0 Å². The van der Waals surface area contributed by atoms with Crippen LogP contribution < -0.4 is 0 Å². The van der Waals surface area contributed by atoms with E-state index in [9.17, 15) is 9.59 Å². The molecule has 0 spiro atoms. The summed E-state index contributed by atoms with van der Waals surface area (Å²) in [4.78, 5) is 21.8. The number of carbonyl (C=O) groups is 2. The lowest BCUT2D eigenvalue weighted by atomic mass is 10.1. The molecule has 0 bridgehead atoms. The maximum Gasteiger partial charge on any atom is 0.371 e. The van der Waals surface area contributed by atoms with Crippen LogP contribution in [0.4, 0.5) is 0 Å². The van der Waals surface area contributed by atoms with Gasteiger partial charge >= 0.3 is 11.9 Å². The number of carboxylic acids is 2. The highest BCUT2D eigenvalue weighted by Crippen LogP contribution is 2.19. The maximum atomic E-state index is 11.1. The van der Waals surface area contributed by atoms with Gasteiger partial charge in [-0.15, -0.1) is 5.10 Å². The van der Waals surface area contributed by atoms with Crippen molar-refractivity contribution in [2.45, 2.75) is 26.3 Å². The van der Waals surface area contributed by atoms with Crippen LogP contribution in [-0.2, 0) is 6.54 Å². The minimum absolute atomic E-state index is 0.0926. The summed E-state index contributed by atoms with van der Waals surface area (Å²) < 4.78 is 6.52. The van der Waals surface area contributed by atoms with Crippen molar-refractivity contribution in [2.24, 2.45) is 0 Å². The number of hydrogen-bond donors (Lipinski definition) is 2. The van der Waals surface area contributed by atoms with Crippen molar-refractivity contribution in [1.82, 2.24) is 15.0 Å². The van der Waals surface area contributed by atoms with E-state index in [-0.39, 0.29) is 23.9 Å². The Hall–Kier alpha value is -2.64. The second kappa shape index (κ2) is 5.16. The van der Waals surface area contributed by atoms with Gasteiger partial charge in [-0.2, -0.15) is 0 Å². The molecule has 2 rings (SSSR count). The van der Waals surface area contributed by atoms with Gasteiger partial charge in [-0.05, 0) is 18.1 Å². The number of aromatic carboxylic acids is 2. The van der Waals surface area contributed by atoms with Crippen molar-refractivity contribution in [1.29, 1.82) is 0 Å². The van der Waals surface area contributed by atoms with Gasteiger partial charge < -0.3 is 14.6 Å². The van der Waals surface area contributed by atoms with Crippen LogP contribution in [-0.4, -0.2) is 37.1 Å². The highest BCUT2D eigenvalue weighted by molar-refractivity contribution is 5.86. The molecule has 0 unspecified atom stereocenters. The first-order chi connectivity index (χ1) is 9.40. The van der Waals surface area contributed by atoms with Gasteiger partial charge in [0.25, 0.3) is 0 Å². The van der Waals surface area contributed by atoms with Crippen LogP contribution >= 0.6 is 0 Å². The quantitative estimate of drug-likeness (QED) is 0.849. The fraction of sp³-hybridized carbons (Fsp3) is 0.333. The normalized spacial score (nSPS) is 10.9. The Morgan fingerprint density at radius 2 is 2.00 bits per heavy atom.